The summed E-state index contributed by atoms with van der Waals surface area (Å²) in [7, 11) is 1.65. The van der Waals surface area contributed by atoms with E-state index < -0.39 is 0 Å². The predicted octanol–water partition coefficient (Wildman–Crippen LogP) is 1.28. The molecule has 0 spiro atoms. The second kappa shape index (κ2) is 6.00. The quantitative estimate of drug-likeness (QED) is 0.757. The number of para-hydroxylation sites is 1. The maximum atomic E-state index is 6.10. The van der Waals surface area contributed by atoms with Crippen molar-refractivity contribution in [1.29, 1.82) is 0 Å². The Morgan fingerprint density at radius 3 is 3.12 bits per heavy atom. The summed E-state index contributed by atoms with van der Waals surface area (Å²) in [5.74, 6) is 0.954. The third-order valence-electron chi connectivity index (χ3n) is 2.87. The highest BCUT2D eigenvalue weighted by molar-refractivity contribution is 5.45. The minimum atomic E-state index is -0.139. The zero-order chi connectivity index (χ0) is 12.1. The summed E-state index contributed by atoms with van der Waals surface area (Å²) in [6, 6.07) is 5.98. The van der Waals surface area contributed by atoms with E-state index in [1.807, 2.05) is 12.1 Å². The Kier molecular flexibility index (Phi) is 4.36. The predicted molar refractivity (Wildman–Crippen MR) is 65.3 cm³/mol. The number of benzene rings is 1. The van der Waals surface area contributed by atoms with Crippen LogP contribution in [0.1, 0.15) is 17.2 Å². The summed E-state index contributed by atoms with van der Waals surface area (Å²) in [6.45, 7) is 2.41. The molecule has 1 aromatic rings. The topological polar surface area (TPSA) is 53.7 Å². The minimum Gasteiger partial charge on any atom is -0.493 e. The van der Waals surface area contributed by atoms with E-state index in [0.717, 1.165) is 24.3 Å². The van der Waals surface area contributed by atoms with E-state index in [4.69, 9.17) is 19.9 Å². The Hall–Kier alpha value is -1.10. The van der Waals surface area contributed by atoms with Crippen LogP contribution in [0.25, 0.3) is 0 Å². The van der Waals surface area contributed by atoms with E-state index in [2.05, 4.69) is 6.07 Å². The van der Waals surface area contributed by atoms with E-state index >= 15 is 0 Å². The first kappa shape index (κ1) is 12.4. The largest absolute Gasteiger partial charge is 0.493 e. The molecule has 2 N–H and O–H groups in total. The van der Waals surface area contributed by atoms with Crippen molar-refractivity contribution in [2.45, 2.75) is 12.5 Å². The molecule has 94 valence electrons. The lowest BCUT2D eigenvalue weighted by Gasteiger charge is -2.15. The summed E-state index contributed by atoms with van der Waals surface area (Å²) in [5, 5.41) is 0. The monoisotopic (exact) mass is 237 g/mol. The highest BCUT2D eigenvalue weighted by Gasteiger charge is 2.19. The van der Waals surface area contributed by atoms with Gasteiger partial charge in [-0.25, -0.2) is 0 Å². The molecule has 0 saturated heterocycles. The molecule has 0 amide bonds. The van der Waals surface area contributed by atoms with Crippen molar-refractivity contribution in [3.8, 4) is 5.75 Å². The van der Waals surface area contributed by atoms with Crippen LogP contribution in [0.5, 0.6) is 5.75 Å². The van der Waals surface area contributed by atoms with Gasteiger partial charge in [0, 0.05) is 19.1 Å². The van der Waals surface area contributed by atoms with Crippen LogP contribution in [-0.2, 0) is 15.9 Å². The molecule has 17 heavy (non-hydrogen) atoms. The normalized spacial score (nSPS) is 15.4. The third kappa shape index (κ3) is 2.97. The molecule has 0 radical (unpaired) electrons. The van der Waals surface area contributed by atoms with E-state index in [-0.39, 0.29) is 6.04 Å². The lowest BCUT2D eigenvalue weighted by atomic mass is 10.0. The first-order valence-corrected chi connectivity index (χ1v) is 5.89. The van der Waals surface area contributed by atoms with Gasteiger partial charge in [0.25, 0.3) is 0 Å². The first-order valence-electron chi connectivity index (χ1n) is 5.89. The van der Waals surface area contributed by atoms with Crippen molar-refractivity contribution in [3.05, 3.63) is 29.3 Å². The van der Waals surface area contributed by atoms with Gasteiger partial charge in [0.15, 0.2) is 0 Å². The van der Waals surface area contributed by atoms with Crippen molar-refractivity contribution < 1.29 is 14.2 Å². The highest BCUT2D eigenvalue weighted by Crippen LogP contribution is 2.32. The van der Waals surface area contributed by atoms with Gasteiger partial charge in [-0.05, 0) is 5.56 Å². The van der Waals surface area contributed by atoms with Crippen molar-refractivity contribution in [3.63, 3.8) is 0 Å². The van der Waals surface area contributed by atoms with Crippen LogP contribution >= 0.6 is 0 Å². The van der Waals surface area contributed by atoms with Crippen LogP contribution < -0.4 is 10.5 Å². The zero-order valence-corrected chi connectivity index (χ0v) is 10.1. The van der Waals surface area contributed by atoms with Crippen LogP contribution in [0.2, 0.25) is 0 Å². The fourth-order valence-corrected chi connectivity index (χ4v) is 1.97. The number of rotatable bonds is 6. The van der Waals surface area contributed by atoms with Gasteiger partial charge >= 0.3 is 0 Å². The summed E-state index contributed by atoms with van der Waals surface area (Å²) < 4.78 is 16.0. The molecule has 4 nitrogen and oxygen atoms in total. The number of hydrogen-bond donors (Lipinski definition) is 1. The van der Waals surface area contributed by atoms with Crippen LogP contribution in [0.15, 0.2) is 18.2 Å². The molecule has 2 rings (SSSR count). The van der Waals surface area contributed by atoms with E-state index in [1.54, 1.807) is 7.11 Å². The van der Waals surface area contributed by atoms with Crippen molar-refractivity contribution in [2.75, 3.05) is 33.5 Å². The van der Waals surface area contributed by atoms with Crippen molar-refractivity contribution in [2.24, 2.45) is 5.73 Å². The molecule has 1 aliphatic rings. The van der Waals surface area contributed by atoms with Crippen molar-refractivity contribution >= 4 is 0 Å². The standard InChI is InChI=1S/C13H19NO3/c1-15-7-8-16-9-12(14)11-4-2-3-10-5-6-17-13(10)11/h2-4,12H,5-9,14H2,1H3. The van der Waals surface area contributed by atoms with E-state index in [9.17, 15) is 0 Å². The fraction of sp³-hybridized carbons (Fsp3) is 0.538. The molecule has 1 unspecified atom stereocenters. The molecule has 0 bridgehead atoms. The maximum absolute atomic E-state index is 6.10. The number of fused-ring (bicyclic) bond motifs is 1. The molecule has 4 heteroatoms. The van der Waals surface area contributed by atoms with Gasteiger partial charge in [0.1, 0.15) is 5.75 Å². The van der Waals surface area contributed by atoms with E-state index in [0.29, 0.717) is 19.8 Å². The van der Waals surface area contributed by atoms with Gasteiger partial charge in [-0.1, -0.05) is 18.2 Å². The van der Waals surface area contributed by atoms with Gasteiger partial charge in [-0.15, -0.1) is 0 Å². The molecule has 1 aromatic carbocycles. The molecule has 0 saturated carbocycles. The van der Waals surface area contributed by atoms with Crippen LogP contribution in [0.3, 0.4) is 0 Å². The van der Waals surface area contributed by atoms with Crippen molar-refractivity contribution in [1.82, 2.24) is 0 Å². The Balaban J connectivity index is 1.95. The average Bonchev–Trinajstić information content (AvgIpc) is 2.82. The number of hydrogen-bond acceptors (Lipinski definition) is 4. The Bertz CT molecular complexity index is 368. The molecular weight excluding hydrogens is 218 g/mol. The van der Waals surface area contributed by atoms with Gasteiger partial charge in [-0.3, -0.25) is 0 Å². The Labute approximate surface area is 102 Å². The fourth-order valence-electron chi connectivity index (χ4n) is 1.97. The number of ether oxygens (including phenoxy) is 3. The van der Waals surface area contributed by atoms with Gasteiger partial charge in [0.2, 0.25) is 0 Å². The molecule has 0 fully saturated rings. The smallest absolute Gasteiger partial charge is 0.127 e. The van der Waals surface area contributed by atoms with Gasteiger partial charge in [-0.2, -0.15) is 0 Å². The van der Waals surface area contributed by atoms with Gasteiger partial charge in [0.05, 0.1) is 32.5 Å². The summed E-state index contributed by atoms with van der Waals surface area (Å²) in [6.07, 6.45) is 0.973. The lowest BCUT2D eigenvalue weighted by Crippen LogP contribution is -2.19. The lowest BCUT2D eigenvalue weighted by molar-refractivity contribution is 0.0633. The second-order valence-corrected chi connectivity index (χ2v) is 4.11. The summed E-state index contributed by atoms with van der Waals surface area (Å²) in [5.41, 5.74) is 8.39. The minimum absolute atomic E-state index is 0.139. The Morgan fingerprint density at radius 1 is 1.41 bits per heavy atom. The third-order valence-corrected chi connectivity index (χ3v) is 2.87. The van der Waals surface area contributed by atoms with E-state index in [1.165, 1.54) is 5.56 Å². The van der Waals surface area contributed by atoms with Crippen LogP contribution in [0.4, 0.5) is 0 Å². The highest BCUT2D eigenvalue weighted by atomic mass is 16.5. The molecule has 1 aliphatic heterocycles. The molecule has 0 aliphatic carbocycles. The first-order chi connectivity index (χ1) is 8.33. The van der Waals surface area contributed by atoms with Gasteiger partial charge < -0.3 is 19.9 Å². The van der Waals surface area contributed by atoms with Crippen LogP contribution in [0, 0.1) is 0 Å². The second-order valence-electron chi connectivity index (χ2n) is 4.11. The summed E-state index contributed by atoms with van der Waals surface area (Å²) >= 11 is 0. The Morgan fingerprint density at radius 2 is 2.29 bits per heavy atom. The molecule has 1 heterocycles. The molecule has 1 atom stereocenters. The summed E-state index contributed by atoms with van der Waals surface area (Å²) in [4.78, 5) is 0. The number of nitrogens with two attached hydrogens (primary N) is 1. The van der Waals surface area contributed by atoms with Crippen LogP contribution in [-0.4, -0.2) is 33.5 Å². The maximum Gasteiger partial charge on any atom is 0.127 e. The average molecular weight is 237 g/mol. The molecule has 0 aromatic heterocycles. The SMILES string of the molecule is COCCOCC(N)c1cccc2c1OCC2. The molecular formula is C13H19NO3. The number of methoxy groups -OCH3 is 1. The zero-order valence-electron chi connectivity index (χ0n) is 10.1.